The van der Waals surface area contributed by atoms with Gasteiger partial charge >= 0.3 is 5.97 Å². The Balaban J connectivity index is 1.30. The normalized spacial score (nSPS) is 27.5. The number of aromatic nitrogens is 1. The number of nitrogens with zero attached hydrogens (tertiary/aromatic N) is 1. The second-order valence-electron chi connectivity index (χ2n) is 10.7. The van der Waals surface area contributed by atoms with E-state index in [9.17, 15) is 14.0 Å². The molecule has 2 saturated heterocycles. The quantitative estimate of drug-likeness (QED) is 0.275. The number of carbonyl (C=O) groups excluding carboxylic acids is 1. The van der Waals surface area contributed by atoms with Gasteiger partial charge in [-0.3, -0.25) is 4.79 Å². The minimum absolute atomic E-state index is 0.00560. The fourth-order valence-electron chi connectivity index (χ4n) is 6.63. The molecule has 4 atom stereocenters. The largest absolute Gasteiger partial charge is 0.478 e. The number of halogens is 1. The monoisotopic (exact) mass is 510 g/mol. The predicted molar refractivity (Wildman–Crippen MR) is 136 cm³/mol. The molecule has 4 unspecified atom stereocenters. The summed E-state index contributed by atoms with van der Waals surface area (Å²) in [5, 5.41) is 12.0. The van der Waals surface area contributed by atoms with Gasteiger partial charge in [0.1, 0.15) is 12.1 Å². The first-order chi connectivity index (χ1) is 17.9. The molecule has 1 aromatic carbocycles. The summed E-state index contributed by atoms with van der Waals surface area (Å²) < 4.78 is 26.5. The van der Waals surface area contributed by atoms with Crippen molar-refractivity contribution in [2.45, 2.75) is 88.8 Å². The van der Waals surface area contributed by atoms with E-state index in [0.29, 0.717) is 24.4 Å². The van der Waals surface area contributed by atoms with Gasteiger partial charge in [-0.25, -0.2) is 14.2 Å². The number of oxazole rings is 1. The summed E-state index contributed by atoms with van der Waals surface area (Å²) in [4.78, 5) is 28.4. The summed E-state index contributed by atoms with van der Waals surface area (Å²) in [6.45, 7) is 2.81. The van der Waals surface area contributed by atoms with E-state index >= 15 is 0 Å². The number of nitrogens with one attached hydrogen (secondary N) is 1. The Morgan fingerprint density at radius 2 is 1.97 bits per heavy atom. The van der Waals surface area contributed by atoms with Crippen molar-refractivity contribution < 1.29 is 28.2 Å². The van der Waals surface area contributed by atoms with Crippen LogP contribution in [0.15, 0.2) is 35.0 Å². The molecule has 3 heterocycles. The lowest BCUT2D eigenvalue weighted by Crippen LogP contribution is -2.32. The molecule has 2 aliphatic heterocycles. The van der Waals surface area contributed by atoms with Crippen LogP contribution in [-0.2, 0) is 21.4 Å². The molecule has 37 heavy (non-hydrogen) atoms. The Morgan fingerprint density at radius 1 is 1.19 bits per heavy atom. The van der Waals surface area contributed by atoms with Gasteiger partial charge in [-0.2, -0.15) is 0 Å². The van der Waals surface area contributed by atoms with Gasteiger partial charge in [0.05, 0.1) is 17.6 Å². The van der Waals surface area contributed by atoms with Gasteiger partial charge in [0.15, 0.2) is 5.69 Å². The fraction of sp³-hybridized carbons (Fsp3) is 0.552. The molecule has 1 aromatic heterocycles. The second kappa shape index (κ2) is 10.4. The molecule has 0 spiro atoms. The third kappa shape index (κ3) is 4.72. The van der Waals surface area contributed by atoms with Crippen LogP contribution in [0.4, 0.5) is 4.39 Å². The highest BCUT2D eigenvalue weighted by molar-refractivity contribution is 5.92. The maximum absolute atomic E-state index is 14.2. The molecule has 7 nitrogen and oxygen atoms in total. The van der Waals surface area contributed by atoms with Crippen LogP contribution in [0, 0.1) is 11.2 Å². The molecular formula is C29H35FN2O5. The minimum atomic E-state index is -1.06. The van der Waals surface area contributed by atoms with Gasteiger partial charge in [-0.1, -0.05) is 45.1 Å². The number of hydrogen-bond donors (Lipinski definition) is 2. The summed E-state index contributed by atoms with van der Waals surface area (Å²) in [5.41, 5.74) is 0.915. The Labute approximate surface area is 216 Å². The lowest BCUT2D eigenvalue weighted by Gasteiger charge is -2.25. The van der Waals surface area contributed by atoms with Crippen LogP contribution in [-0.4, -0.2) is 40.7 Å². The number of ether oxygens (including phenoxy) is 1. The molecule has 1 aliphatic carbocycles. The van der Waals surface area contributed by atoms with Gasteiger partial charge in [-0.05, 0) is 61.4 Å². The zero-order chi connectivity index (χ0) is 26.0. The van der Waals surface area contributed by atoms with Gasteiger partial charge in [0, 0.05) is 18.0 Å². The fourth-order valence-corrected chi connectivity index (χ4v) is 6.63. The standard InChI is InChI=1S/C29H35FN2O5/c1-2-3-4-5-6-7-14-31-26(35)22-17-36-27(32-22)29-18-28(29,23-11-12-24(29)37-23)16-20-15-21(30)10-8-19(20)9-13-25(33)34/h8-10,13,15,17,23-24H,2-7,11-12,14,16,18H2,1H3,(H,31,35)(H,33,34). The Hall–Kier alpha value is -3.00. The van der Waals surface area contributed by atoms with E-state index in [1.54, 1.807) is 6.07 Å². The lowest BCUT2D eigenvalue weighted by molar-refractivity contribution is -0.131. The Bertz CT molecular complexity index is 1190. The van der Waals surface area contributed by atoms with Crippen molar-refractivity contribution in [3.05, 3.63) is 59.1 Å². The van der Waals surface area contributed by atoms with E-state index in [2.05, 4.69) is 17.2 Å². The van der Waals surface area contributed by atoms with Crippen molar-refractivity contribution in [3.8, 4) is 0 Å². The van der Waals surface area contributed by atoms with Gasteiger partial charge < -0.3 is 19.6 Å². The summed E-state index contributed by atoms with van der Waals surface area (Å²) in [6.07, 6.45) is 14.0. The number of carboxylic acid groups (broad SMARTS) is 1. The van der Waals surface area contributed by atoms with Crippen LogP contribution in [0.5, 0.6) is 0 Å². The predicted octanol–water partition coefficient (Wildman–Crippen LogP) is 5.43. The van der Waals surface area contributed by atoms with E-state index < -0.39 is 11.4 Å². The van der Waals surface area contributed by atoms with Gasteiger partial charge in [0.2, 0.25) is 5.89 Å². The van der Waals surface area contributed by atoms with Crippen LogP contribution in [0.25, 0.3) is 6.08 Å². The zero-order valence-electron chi connectivity index (χ0n) is 21.3. The van der Waals surface area contributed by atoms with Crippen molar-refractivity contribution in [2.75, 3.05) is 6.54 Å². The van der Waals surface area contributed by atoms with E-state index in [0.717, 1.165) is 43.7 Å². The third-order valence-corrected chi connectivity index (χ3v) is 8.49. The van der Waals surface area contributed by atoms with E-state index in [1.165, 1.54) is 50.2 Å². The highest BCUT2D eigenvalue weighted by Crippen LogP contribution is 2.78. The first-order valence-electron chi connectivity index (χ1n) is 13.5. The highest BCUT2D eigenvalue weighted by Gasteiger charge is 2.83. The molecule has 198 valence electrons. The van der Waals surface area contributed by atoms with Crippen molar-refractivity contribution >= 4 is 18.0 Å². The molecule has 2 aromatic rings. The van der Waals surface area contributed by atoms with E-state index in [4.69, 9.17) is 14.3 Å². The molecule has 3 fully saturated rings. The first kappa shape index (κ1) is 25.6. The van der Waals surface area contributed by atoms with Crippen molar-refractivity contribution in [3.63, 3.8) is 0 Å². The second-order valence-corrected chi connectivity index (χ2v) is 10.7. The number of rotatable bonds is 13. The van der Waals surface area contributed by atoms with Crippen LogP contribution in [0.2, 0.25) is 0 Å². The summed E-state index contributed by atoms with van der Waals surface area (Å²) in [7, 11) is 0. The number of carboxylic acids is 1. The summed E-state index contributed by atoms with van der Waals surface area (Å²) in [5.74, 6) is -1.14. The lowest BCUT2D eigenvalue weighted by atomic mass is 9.75. The average Bonchev–Trinajstić information content (AvgIpc) is 3.26. The minimum Gasteiger partial charge on any atom is -0.478 e. The molecule has 1 saturated carbocycles. The average molecular weight is 511 g/mol. The summed E-state index contributed by atoms with van der Waals surface area (Å²) in [6, 6.07) is 4.42. The molecule has 2 N–H and O–H groups in total. The van der Waals surface area contributed by atoms with Crippen LogP contribution < -0.4 is 5.32 Å². The smallest absolute Gasteiger partial charge is 0.328 e. The number of hydrogen-bond acceptors (Lipinski definition) is 5. The van der Waals surface area contributed by atoms with E-state index in [-0.39, 0.29) is 35.0 Å². The number of aliphatic carboxylic acids is 1. The van der Waals surface area contributed by atoms with Gasteiger partial charge in [-0.15, -0.1) is 0 Å². The maximum Gasteiger partial charge on any atom is 0.328 e. The van der Waals surface area contributed by atoms with Crippen molar-refractivity contribution in [2.24, 2.45) is 5.41 Å². The van der Waals surface area contributed by atoms with Crippen LogP contribution in [0.3, 0.4) is 0 Å². The molecular weight excluding hydrogens is 475 g/mol. The van der Waals surface area contributed by atoms with Crippen molar-refractivity contribution in [1.82, 2.24) is 10.3 Å². The van der Waals surface area contributed by atoms with Crippen molar-refractivity contribution in [1.29, 1.82) is 0 Å². The Morgan fingerprint density at radius 3 is 2.78 bits per heavy atom. The van der Waals surface area contributed by atoms with Crippen LogP contribution >= 0.6 is 0 Å². The zero-order valence-corrected chi connectivity index (χ0v) is 21.3. The number of unbranched alkanes of at least 4 members (excludes halogenated alkanes) is 5. The molecule has 0 radical (unpaired) electrons. The highest BCUT2D eigenvalue weighted by atomic mass is 19.1. The maximum atomic E-state index is 14.2. The SMILES string of the molecule is CCCCCCCCNC(=O)c1coc(C23CC2(Cc2cc(F)ccc2C=CC(=O)O)C2CCC3O2)n1. The molecule has 8 heteroatoms. The van der Waals surface area contributed by atoms with Crippen LogP contribution in [0.1, 0.15) is 92.2 Å². The van der Waals surface area contributed by atoms with Gasteiger partial charge in [0.25, 0.3) is 5.91 Å². The van der Waals surface area contributed by atoms with E-state index in [1.807, 2.05) is 0 Å². The molecule has 1 amide bonds. The molecule has 3 aliphatic rings. The Kier molecular flexibility index (Phi) is 7.21. The third-order valence-electron chi connectivity index (χ3n) is 8.49. The topological polar surface area (TPSA) is 102 Å². The first-order valence-corrected chi connectivity index (χ1v) is 13.5. The molecule has 5 rings (SSSR count). The number of amides is 1. The molecule has 2 bridgehead atoms. The summed E-state index contributed by atoms with van der Waals surface area (Å²) >= 11 is 0. The number of fused-ring (bicyclic) bond motifs is 5. The number of carbonyl (C=O) groups is 2. The number of benzene rings is 1.